The van der Waals surface area contributed by atoms with Crippen LogP contribution in [0, 0.1) is 0 Å². The van der Waals surface area contributed by atoms with Gasteiger partial charge in [-0.2, -0.15) is 0 Å². The summed E-state index contributed by atoms with van der Waals surface area (Å²) < 4.78 is 12.8. The number of phenols is 4. The van der Waals surface area contributed by atoms with E-state index in [4.69, 9.17) is 5.79 Å². The third kappa shape index (κ3) is 1.96. The summed E-state index contributed by atoms with van der Waals surface area (Å²) in [6.45, 7) is 0. The molecular formula is C15H10O7. The van der Waals surface area contributed by atoms with Gasteiger partial charge in [0, 0.05) is 17.7 Å². The van der Waals surface area contributed by atoms with Crippen LogP contribution >= 0.6 is 0 Å². The highest BCUT2D eigenvalue weighted by Gasteiger charge is 2.19. The lowest BCUT2D eigenvalue weighted by Crippen LogP contribution is -2.02. The second kappa shape index (κ2) is 4.59. The van der Waals surface area contributed by atoms with Crippen LogP contribution in [0.15, 0.2) is 39.5 Å². The van der Waals surface area contributed by atoms with Crippen molar-refractivity contribution in [3.05, 3.63) is 40.5 Å². The van der Waals surface area contributed by atoms with Crippen molar-refractivity contribution in [1.82, 2.24) is 0 Å². The average Bonchev–Trinajstić information content (AvgIpc) is 2.51. The predicted octanol–water partition coefficient (Wildman–Crippen LogP) is 1.99. The largest absolute Gasteiger partial charge is 0.508 e. The number of phenolic OH excluding ortho intramolecular Hbond substituents is 4. The molecule has 0 amide bonds. The zero-order valence-electron chi connectivity index (χ0n) is 11.9. The Morgan fingerprint density at radius 3 is 2.36 bits per heavy atom. The molecule has 0 aliphatic carbocycles. The van der Waals surface area contributed by atoms with Gasteiger partial charge in [-0.25, -0.2) is 0 Å². The van der Waals surface area contributed by atoms with Gasteiger partial charge in [0.1, 0.15) is 22.5 Å². The van der Waals surface area contributed by atoms with Crippen LogP contribution in [0.5, 0.6) is 28.7 Å². The summed E-state index contributed by atoms with van der Waals surface area (Å²) in [5.74, 6) is -3.48. The van der Waals surface area contributed by atoms with Crippen molar-refractivity contribution >= 4 is 11.0 Å². The molecule has 2 aromatic carbocycles. The number of fused-ring (bicyclic) bond motifs is 1. The van der Waals surface area contributed by atoms with Gasteiger partial charge < -0.3 is 29.9 Å². The summed E-state index contributed by atoms with van der Waals surface area (Å²) in [5.41, 5.74) is -1.16. The Morgan fingerprint density at radius 1 is 0.955 bits per heavy atom. The molecule has 5 N–H and O–H groups in total. The molecule has 0 saturated carbocycles. The predicted molar refractivity (Wildman–Crippen MR) is 76.2 cm³/mol. The summed E-state index contributed by atoms with van der Waals surface area (Å²) in [4.78, 5) is 12.2. The van der Waals surface area contributed by atoms with Crippen LogP contribution in [0.2, 0.25) is 0 Å². The van der Waals surface area contributed by atoms with Crippen LogP contribution in [0.1, 0.15) is 1.37 Å². The Labute approximate surface area is 124 Å². The first-order chi connectivity index (χ1) is 10.8. The van der Waals surface area contributed by atoms with Crippen LogP contribution in [0.3, 0.4) is 0 Å². The first-order valence-electron chi connectivity index (χ1n) is 6.55. The highest BCUT2D eigenvalue weighted by Crippen LogP contribution is 2.37. The lowest BCUT2D eigenvalue weighted by molar-refractivity contribution is 0.403. The minimum Gasteiger partial charge on any atom is -0.508 e. The second-order valence-electron chi connectivity index (χ2n) is 4.55. The van der Waals surface area contributed by atoms with E-state index in [1.54, 1.807) is 0 Å². The first-order valence-corrected chi connectivity index (χ1v) is 6.05. The lowest BCUT2D eigenvalue weighted by atomic mass is 10.1. The SMILES string of the molecule is [2H]c1c(O)cc2oc(-c3ccc(O)c(O)c3)c(O)c(=O)c2c1O. The quantitative estimate of drug-likeness (QED) is 0.434. The Hall–Kier alpha value is -3.35. The van der Waals surface area contributed by atoms with E-state index in [1.807, 2.05) is 0 Å². The van der Waals surface area contributed by atoms with Crippen LogP contribution in [-0.4, -0.2) is 25.5 Å². The average molecular weight is 303 g/mol. The summed E-state index contributed by atoms with van der Waals surface area (Å²) in [6.07, 6.45) is 0. The first kappa shape index (κ1) is 12.4. The molecule has 0 unspecified atom stereocenters. The van der Waals surface area contributed by atoms with E-state index in [0.29, 0.717) is 0 Å². The third-order valence-electron chi connectivity index (χ3n) is 3.10. The maximum atomic E-state index is 12.2. The molecular weight excluding hydrogens is 292 g/mol. The van der Waals surface area contributed by atoms with E-state index in [2.05, 4.69) is 0 Å². The fraction of sp³-hybridized carbons (Fsp3) is 0. The zero-order valence-corrected chi connectivity index (χ0v) is 10.9. The van der Waals surface area contributed by atoms with Gasteiger partial charge in [0.15, 0.2) is 17.3 Å². The van der Waals surface area contributed by atoms with Gasteiger partial charge in [-0.05, 0) is 18.2 Å². The molecule has 0 saturated heterocycles. The molecule has 0 radical (unpaired) electrons. The third-order valence-corrected chi connectivity index (χ3v) is 3.10. The van der Waals surface area contributed by atoms with Crippen LogP contribution in [-0.2, 0) is 0 Å². The normalized spacial score (nSPS) is 11.5. The van der Waals surface area contributed by atoms with Gasteiger partial charge in [-0.15, -0.1) is 0 Å². The highest BCUT2D eigenvalue weighted by atomic mass is 16.4. The molecule has 7 nitrogen and oxygen atoms in total. The second-order valence-corrected chi connectivity index (χ2v) is 4.55. The van der Waals surface area contributed by atoms with E-state index in [1.165, 1.54) is 6.07 Å². The number of aromatic hydroxyl groups is 5. The Bertz CT molecular complexity index is 1010. The minimum atomic E-state index is -1.00. The van der Waals surface area contributed by atoms with Crippen LogP contribution in [0.4, 0.5) is 0 Å². The molecule has 112 valence electrons. The van der Waals surface area contributed by atoms with Gasteiger partial charge in [0.05, 0.1) is 1.37 Å². The Balaban J connectivity index is 2.40. The van der Waals surface area contributed by atoms with E-state index in [0.717, 1.165) is 18.2 Å². The van der Waals surface area contributed by atoms with E-state index >= 15 is 0 Å². The molecule has 0 spiro atoms. The van der Waals surface area contributed by atoms with Gasteiger partial charge in [0.2, 0.25) is 11.2 Å². The number of hydrogen-bond acceptors (Lipinski definition) is 7. The smallest absolute Gasteiger partial charge is 0.238 e. The van der Waals surface area contributed by atoms with Crippen LogP contribution in [0.25, 0.3) is 22.3 Å². The maximum absolute atomic E-state index is 12.2. The molecule has 22 heavy (non-hydrogen) atoms. The van der Waals surface area contributed by atoms with Gasteiger partial charge in [-0.1, -0.05) is 0 Å². The molecule has 7 heteroatoms. The molecule has 0 atom stereocenters. The molecule has 0 bridgehead atoms. The summed E-state index contributed by atoms with van der Waals surface area (Å²) in [7, 11) is 0. The van der Waals surface area contributed by atoms with Crippen molar-refractivity contribution in [2.75, 3.05) is 0 Å². The van der Waals surface area contributed by atoms with Crippen molar-refractivity contribution < 1.29 is 31.3 Å². The zero-order chi connectivity index (χ0) is 16.9. The lowest BCUT2D eigenvalue weighted by Gasteiger charge is -2.08. The molecule has 3 aromatic rings. The monoisotopic (exact) mass is 303 g/mol. The Kier molecular flexibility index (Phi) is 2.59. The molecule has 3 rings (SSSR count). The minimum absolute atomic E-state index is 0.0886. The van der Waals surface area contributed by atoms with E-state index in [-0.39, 0.29) is 16.9 Å². The fourth-order valence-electron chi connectivity index (χ4n) is 2.07. The number of hydrogen-bond donors (Lipinski definition) is 5. The Morgan fingerprint density at radius 2 is 1.68 bits per heavy atom. The molecule has 1 aromatic heterocycles. The van der Waals surface area contributed by atoms with Gasteiger partial charge >= 0.3 is 0 Å². The molecule has 0 fully saturated rings. The van der Waals surface area contributed by atoms with E-state index < -0.39 is 45.6 Å². The topological polar surface area (TPSA) is 131 Å². The fourth-order valence-corrected chi connectivity index (χ4v) is 2.07. The molecule has 1 heterocycles. The van der Waals surface area contributed by atoms with Crippen molar-refractivity contribution in [1.29, 1.82) is 0 Å². The van der Waals surface area contributed by atoms with Crippen molar-refractivity contribution in [3.8, 4) is 40.1 Å². The number of rotatable bonds is 1. The molecule has 0 aliphatic heterocycles. The summed E-state index contributed by atoms with van der Waals surface area (Å²) in [5, 5.41) is 47.7. The van der Waals surface area contributed by atoms with Crippen molar-refractivity contribution in [2.45, 2.75) is 0 Å². The molecule has 0 aliphatic rings. The maximum Gasteiger partial charge on any atom is 0.238 e. The van der Waals surface area contributed by atoms with Crippen molar-refractivity contribution in [2.24, 2.45) is 0 Å². The van der Waals surface area contributed by atoms with Gasteiger partial charge in [-0.3, -0.25) is 4.79 Å². The summed E-state index contributed by atoms with van der Waals surface area (Å²) >= 11 is 0. The standard InChI is InChI=1S/C15H10O7/c16-7-4-10(19)12-11(5-7)22-15(14(21)13(12)20)6-1-2-8(17)9(18)3-6/h1-5,16-19,21H/i4D. The van der Waals surface area contributed by atoms with Crippen LogP contribution < -0.4 is 5.43 Å². The summed E-state index contributed by atoms with van der Waals surface area (Å²) in [6, 6.07) is 3.78. The number of benzene rings is 2. The van der Waals surface area contributed by atoms with E-state index in [9.17, 15) is 30.3 Å². The van der Waals surface area contributed by atoms with Gasteiger partial charge in [0.25, 0.3) is 0 Å². The van der Waals surface area contributed by atoms with Crippen molar-refractivity contribution in [3.63, 3.8) is 0 Å². The highest BCUT2D eigenvalue weighted by molar-refractivity contribution is 5.88.